The molecule has 2 aliphatic rings. The summed E-state index contributed by atoms with van der Waals surface area (Å²) < 4.78 is 13.3. The lowest BCUT2D eigenvalue weighted by Crippen LogP contribution is -2.28. The molecule has 0 spiro atoms. The van der Waals surface area contributed by atoms with E-state index in [1.165, 1.54) is 42.6 Å². The first kappa shape index (κ1) is 18.8. The number of methoxy groups -OCH3 is 1. The van der Waals surface area contributed by atoms with Gasteiger partial charge in [-0.05, 0) is 51.6 Å². The van der Waals surface area contributed by atoms with Crippen molar-refractivity contribution in [2.45, 2.75) is 51.3 Å². The Balaban J connectivity index is 1.75. The van der Waals surface area contributed by atoms with Crippen LogP contribution < -0.4 is 5.32 Å². The highest BCUT2D eigenvalue weighted by atomic mass is 16.5. The summed E-state index contributed by atoms with van der Waals surface area (Å²) in [5.41, 5.74) is 4.10. The van der Waals surface area contributed by atoms with Gasteiger partial charge in [-0.2, -0.15) is 5.10 Å². The monoisotopic (exact) mass is 350 g/mol. The molecule has 1 aliphatic heterocycles. The van der Waals surface area contributed by atoms with Gasteiger partial charge >= 0.3 is 0 Å². The number of rotatable bonds is 8. The van der Waals surface area contributed by atoms with Gasteiger partial charge in [0.1, 0.15) is 0 Å². The second-order valence-electron chi connectivity index (χ2n) is 7.60. The summed E-state index contributed by atoms with van der Waals surface area (Å²) in [6, 6.07) is 0. The average molecular weight is 351 g/mol. The van der Waals surface area contributed by atoms with Gasteiger partial charge in [-0.1, -0.05) is 0 Å². The smallest absolute Gasteiger partial charge is 0.0888 e. The van der Waals surface area contributed by atoms with E-state index < -0.39 is 0 Å². The molecule has 6 nitrogen and oxygen atoms in total. The van der Waals surface area contributed by atoms with Crippen LogP contribution in [-0.2, 0) is 29.2 Å². The van der Waals surface area contributed by atoms with E-state index in [0.29, 0.717) is 5.92 Å². The van der Waals surface area contributed by atoms with Gasteiger partial charge in [-0.15, -0.1) is 0 Å². The van der Waals surface area contributed by atoms with Crippen LogP contribution in [0.15, 0.2) is 0 Å². The summed E-state index contributed by atoms with van der Waals surface area (Å²) in [6.45, 7) is 6.27. The number of hydrogen-bond acceptors (Lipinski definition) is 5. The molecule has 1 aromatic heterocycles. The third-order valence-electron chi connectivity index (χ3n) is 5.68. The molecular weight excluding hydrogens is 316 g/mol. The largest absolute Gasteiger partial charge is 0.384 e. The molecule has 0 bridgehead atoms. The standard InChI is InChI=1S/C19H34N4O2/c1-20-8-9-22(2)12-17-19(18-14-25-11-10-23(18)21-17)16-6-4-15(5-7-16)13-24-3/h15-16,20H,4-14H2,1-3H3. The number of nitrogens with zero attached hydrogens (tertiary/aromatic N) is 3. The molecular formula is C19H34N4O2. The highest BCUT2D eigenvalue weighted by Crippen LogP contribution is 2.39. The van der Waals surface area contributed by atoms with E-state index in [0.717, 1.165) is 51.9 Å². The fourth-order valence-electron chi connectivity index (χ4n) is 4.30. The zero-order valence-electron chi connectivity index (χ0n) is 16.1. The SMILES string of the molecule is CNCCN(C)Cc1nn2c(c1C1CCC(COC)CC1)COCC2. The normalized spacial score (nSPS) is 23.8. The van der Waals surface area contributed by atoms with Gasteiger partial charge in [-0.3, -0.25) is 9.58 Å². The highest BCUT2D eigenvalue weighted by molar-refractivity contribution is 5.31. The first-order valence-electron chi connectivity index (χ1n) is 9.71. The second-order valence-corrected chi connectivity index (χ2v) is 7.60. The van der Waals surface area contributed by atoms with Crippen molar-refractivity contribution >= 4 is 0 Å². The molecule has 1 fully saturated rings. The molecule has 1 saturated carbocycles. The number of aromatic nitrogens is 2. The summed E-state index contributed by atoms with van der Waals surface area (Å²) in [7, 11) is 6.01. The van der Waals surface area contributed by atoms with Gasteiger partial charge in [0, 0.05) is 38.9 Å². The minimum absolute atomic E-state index is 0.631. The minimum Gasteiger partial charge on any atom is -0.384 e. The minimum atomic E-state index is 0.631. The molecule has 0 saturated heterocycles. The molecule has 0 atom stereocenters. The molecule has 6 heteroatoms. The molecule has 2 heterocycles. The summed E-state index contributed by atoms with van der Waals surface area (Å²) in [5, 5.41) is 8.21. The van der Waals surface area contributed by atoms with E-state index in [1.54, 1.807) is 0 Å². The van der Waals surface area contributed by atoms with Crippen LogP contribution >= 0.6 is 0 Å². The van der Waals surface area contributed by atoms with E-state index in [-0.39, 0.29) is 0 Å². The average Bonchev–Trinajstić information content (AvgIpc) is 2.98. The van der Waals surface area contributed by atoms with E-state index in [9.17, 15) is 0 Å². The summed E-state index contributed by atoms with van der Waals surface area (Å²) >= 11 is 0. The molecule has 1 aliphatic carbocycles. The number of hydrogen-bond donors (Lipinski definition) is 1. The number of nitrogens with one attached hydrogen (secondary N) is 1. The van der Waals surface area contributed by atoms with E-state index in [2.05, 4.69) is 21.9 Å². The van der Waals surface area contributed by atoms with Gasteiger partial charge in [0.15, 0.2) is 0 Å². The van der Waals surface area contributed by atoms with Gasteiger partial charge in [0.25, 0.3) is 0 Å². The lowest BCUT2D eigenvalue weighted by atomic mass is 9.78. The van der Waals surface area contributed by atoms with Crippen LogP contribution in [-0.4, -0.2) is 62.2 Å². The van der Waals surface area contributed by atoms with Gasteiger partial charge < -0.3 is 14.8 Å². The zero-order valence-corrected chi connectivity index (χ0v) is 16.1. The quantitative estimate of drug-likeness (QED) is 0.777. The van der Waals surface area contributed by atoms with Crippen LogP contribution in [0.5, 0.6) is 0 Å². The van der Waals surface area contributed by atoms with Gasteiger partial charge in [0.2, 0.25) is 0 Å². The fraction of sp³-hybridized carbons (Fsp3) is 0.842. The molecule has 142 valence electrons. The third-order valence-corrected chi connectivity index (χ3v) is 5.68. The van der Waals surface area contributed by atoms with E-state index in [1.807, 2.05) is 14.2 Å². The lowest BCUT2D eigenvalue weighted by molar-refractivity contribution is 0.0784. The molecule has 0 radical (unpaired) electrons. The van der Waals surface area contributed by atoms with E-state index >= 15 is 0 Å². The van der Waals surface area contributed by atoms with Crippen molar-refractivity contribution in [3.63, 3.8) is 0 Å². The topological polar surface area (TPSA) is 51.6 Å². The maximum Gasteiger partial charge on any atom is 0.0888 e. The summed E-state index contributed by atoms with van der Waals surface area (Å²) in [5.74, 6) is 1.36. The molecule has 0 unspecified atom stereocenters. The molecule has 0 aromatic carbocycles. The maximum absolute atomic E-state index is 5.77. The predicted molar refractivity (Wildman–Crippen MR) is 98.7 cm³/mol. The molecule has 3 rings (SSSR count). The third kappa shape index (κ3) is 4.61. The van der Waals surface area contributed by atoms with Crippen molar-refractivity contribution in [3.8, 4) is 0 Å². The number of ether oxygens (including phenoxy) is 2. The summed E-state index contributed by atoms with van der Waals surface area (Å²) in [4.78, 5) is 2.37. The van der Waals surface area contributed by atoms with Crippen molar-refractivity contribution < 1.29 is 9.47 Å². The van der Waals surface area contributed by atoms with Gasteiger partial charge in [-0.25, -0.2) is 0 Å². The van der Waals surface area contributed by atoms with Crippen molar-refractivity contribution in [2.24, 2.45) is 5.92 Å². The first-order chi connectivity index (χ1) is 12.2. The lowest BCUT2D eigenvalue weighted by Gasteiger charge is -2.30. The molecule has 1 aromatic rings. The molecule has 1 N–H and O–H groups in total. The van der Waals surface area contributed by atoms with Crippen LogP contribution in [0.25, 0.3) is 0 Å². The highest BCUT2D eigenvalue weighted by Gasteiger charge is 2.30. The van der Waals surface area contributed by atoms with Gasteiger partial charge in [0.05, 0.1) is 31.1 Å². The van der Waals surface area contributed by atoms with Crippen LogP contribution in [0.3, 0.4) is 0 Å². The Hall–Kier alpha value is -0.950. The molecule has 0 amide bonds. The summed E-state index contributed by atoms with van der Waals surface area (Å²) in [6.07, 6.45) is 5.03. The predicted octanol–water partition coefficient (Wildman–Crippen LogP) is 1.98. The zero-order chi connectivity index (χ0) is 17.6. The Morgan fingerprint density at radius 1 is 1.32 bits per heavy atom. The van der Waals surface area contributed by atoms with Crippen LogP contribution in [0.4, 0.5) is 0 Å². The molecule has 25 heavy (non-hydrogen) atoms. The van der Waals surface area contributed by atoms with E-state index in [4.69, 9.17) is 14.6 Å². The Morgan fingerprint density at radius 2 is 2.12 bits per heavy atom. The van der Waals surface area contributed by atoms with Crippen LogP contribution in [0.2, 0.25) is 0 Å². The Morgan fingerprint density at radius 3 is 2.84 bits per heavy atom. The van der Waals surface area contributed by atoms with Crippen molar-refractivity contribution in [2.75, 3.05) is 47.5 Å². The van der Waals surface area contributed by atoms with Crippen molar-refractivity contribution in [1.82, 2.24) is 20.0 Å². The Labute approximate surface area is 151 Å². The first-order valence-corrected chi connectivity index (χ1v) is 9.71. The van der Waals surface area contributed by atoms with Crippen molar-refractivity contribution in [3.05, 3.63) is 17.0 Å². The Kier molecular flexibility index (Phi) is 6.87. The van der Waals surface area contributed by atoms with Crippen LogP contribution in [0, 0.1) is 5.92 Å². The Bertz CT molecular complexity index is 538. The fourth-order valence-corrected chi connectivity index (χ4v) is 4.30. The number of fused-ring (bicyclic) bond motifs is 1. The maximum atomic E-state index is 5.77. The number of likely N-dealkylation sites (N-methyl/N-ethyl adjacent to an activating group) is 2. The van der Waals surface area contributed by atoms with Crippen LogP contribution in [0.1, 0.15) is 48.6 Å². The second kappa shape index (κ2) is 9.12. The van der Waals surface area contributed by atoms with Crippen molar-refractivity contribution in [1.29, 1.82) is 0 Å².